The maximum atomic E-state index is 15.8. The molecule has 2 aromatic rings. The number of fused-ring (bicyclic) bond motifs is 1. The van der Waals surface area contributed by atoms with Crippen molar-refractivity contribution in [2.45, 2.75) is 30.9 Å². The Morgan fingerprint density at radius 3 is 2.94 bits per heavy atom. The highest BCUT2D eigenvalue weighted by Crippen LogP contribution is 2.57. The molecule has 0 bridgehead atoms. The first kappa shape index (κ1) is 18.1. The van der Waals surface area contributed by atoms with E-state index in [1.165, 1.54) is 19.2 Å². The third kappa shape index (κ3) is 3.91. The predicted octanol–water partition coefficient (Wildman–Crippen LogP) is 0.195. The number of methoxy groups -OCH3 is 1. The van der Waals surface area contributed by atoms with Crippen molar-refractivity contribution in [2.75, 3.05) is 13.7 Å². The molecule has 1 unspecified atom stereocenters. The number of benzene rings is 1. The number of hydrogen-bond donors (Lipinski definition) is 3. The van der Waals surface area contributed by atoms with Crippen molar-refractivity contribution in [3.05, 3.63) is 56.9 Å². The molecule has 0 saturated carbocycles. The number of nitrogens with zero attached hydrogens (tertiary/aromatic N) is 1. The second-order valence-electron chi connectivity index (χ2n) is 6.41. The van der Waals surface area contributed by atoms with Crippen LogP contribution in [-0.4, -0.2) is 51.5 Å². The average molecular weight is 463 g/mol. The van der Waals surface area contributed by atoms with E-state index in [0.717, 1.165) is 6.07 Å². The van der Waals surface area contributed by atoms with Crippen molar-refractivity contribution < 1.29 is 46.3 Å². The number of alkyl halides is 1. The Kier molecular flexibility index (Phi) is 4.58. The number of aliphatic hydroxyl groups excluding tert-OH is 2. The maximum absolute atomic E-state index is 15.8. The smallest absolute Gasteiger partial charge is 0.493 e. The number of phosphoric ester groups is 1. The van der Waals surface area contributed by atoms with Gasteiger partial charge in [0, 0.05) is 17.8 Å². The Bertz CT molecular complexity index is 1280. The van der Waals surface area contributed by atoms with Gasteiger partial charge in [0.2, 0.25) is 0 Å². The van der Waals surface area contributed by atoms with E-state index in [1.807, 2.05) is 0 Å². The normalized spacial score (nSPS) is 36.6. The van der Waals surface area contributed by atoms with Gasteiger partial charge in [-0.05, 0) is 6.07 Å². The highest BCUT2D eigenvalue weighted by Gasteiger charge is 2.57. The van der Waals surface area contributed by atoms with Crippen molar-refractivity contribution in [1.29, 1.82) is 0 Å². The number of rotatable bonds is 5. The standard InChI is InChI=1S/C17H18FN2O10P/c1-26-10-4-2-3-9-7-27-31(25,30-13(9)10)28-8-17(18)14(23)12(22)15(29-17)20-6-5-11(21)19-16(20)24/h2-6,12,14-15,22-23H,7-8H2,1H3,(H,19,21,24)/t12-,14+,15-,17-,31?/m1/s1/i8D2,15D. The molecule has 2 aliphatic rings. The first-order valence-electron chi connectivity index (χ1n) is 10.1. The van der Waals surface area contributed by atoms with Gasteiger partial charge < -0.3 is 24.2 Å². The van der Waals surface area contributed by atoms with Crippen LogP contribution in [0.25, 0.3) is 0 Å². The molecule has 5 atom stereocenters. The average Bonchev–Trinajstić information content (AvgIpc) is 2.94. The molecular weight excluding hydrogens is 442 g/mol. The van der Waals surface area contributed by atoms with Crippen LogP contribution in [-0.2, 0) is 25.0 Å². The van der Waals surface area contributed by atoms with E-state index in [0.29, 0.717) is 11.8 Å². The van der Waals surface area contributed by atoms with E-state index in [2.05, 4.69) is 0 Å². The number of halogens is 1. The molecule has 0 spiro atoms. The topological polar surface area (TPSA) is 159 Å². The first-order valence-corrected chi connectivity index (χ1v) is 10.1. The number of aromatic amines is 1. The summed E-state index contributed by atoms with van der Waals surface area (Å²) >= 11 is 0. The van der Waals surface area contributed by atoms with Crippen LogP contribution in [0.3, 0.4) is 0 Å². The van der Waals surface area contributed by atoms with Gasteiger partial charge in [0.25, 0.3) is 11.4 Å². The van der Waals surface area contributed by atoms with E-state index < -0.39 is 56.5 Å². The van der Waals surface area contributed by atoms with Crippen LogP contribution in [0, 0.1) is 0 Å². The molecule has 0 amide bonds. The molecular formula is C17H18FN2O10P. The minimum Gasteiger partial charge on any atom is -0.493 e. The van der Waals surface area contributed by atoms with Crippen LogP contribution >= 0.6 is 7.82 Å². The number of ether oxygens (including phenoxy) is 2. The predicted molar refractivity (Wildman–Crippen MR) is 99.3 cm³/mol. The Labute approximate surface area is 177 Å². The quantitative estimate of drug-likeness (QED) is 0.523. The fraction of sp³-hybridized carbons (Fsp3) is 0.412. The Hall–Kier alpha value is -2.54. The van der Waals surface area contributed by atoms with Crippen LogP contribution in [0.2, 0.25) is 0 Å². The second kappa shape index (κ2) is 7.86. The molecule has 2 aliphatic heterocycles. The van der Waals surface area contributed by atoms with Gasteiger partial charge in [0.05, 0.1) is 17.8 Å². The SMILES string of the molecule is [2H]C([2H])(OP1(=O)OCc2cccc(OC)c2O1)[C@@]1(F)O[C@@]([2H])(n2ccc(=O)[nH]c2=O)[C@H](O)[C@@H]1O. The minimum atomic E-state index is -4.92. The molecule has 0 radical (unpaired) electrons. The summed E-state index contributed by atoms with van der Waals surface area (Å²) in [5.74, 6) is -4.10. The molecule has 31 heavy (non-hydrogen) atoms. The summed E-state index contributed by atoms with van der Waals surface area (Å²) in [5.41, 5.74) is -1.85. The summed E-state index contributed by atoms with van der Waals surface area (Å²) in [5, 5.41) is 20.6. The molecule has 4 rings (SSSR count). The molecule has 1 aromatic carbocycles. The third-order valence-electron chi connectivity index (χ3n) is 4.41. The monoisotopic (exact) mass is 463 g/mol. The van der Waals surface area contributed by atoms with Crippen molar-refractivity contribution in [1.82, 2.24) is 9.55 Å². The molecule has 1 aromatic heterocycles. The Balaban J connectivity index is 1.67. The van der Waals surface area contributed by atoms with Crippen LogP contribution in [0.1, 0.15) is 15.9 Å². The highest BCUT2D eigenvalue weighted by molar-refractivity contribution is 7.49. The molecule has 3 N–H and O–H groups in total. The van der Waals surface area contributed by atoms with Gasteiger partial charge in [-0.25, -0.2) is 13.8 Å². The zero-order valence-electron chi connectivity index (χ0n) is 18.7. The lowest BCUT2D eigenvalue weighted by Gasteiger charge is -2.28. The van der Waals surface area contributed by atoms with E-state index in [9.17, 15) is 24.4 Å². The van der Waals surface area contributed by atoms with E-state index in [4.69, 9.17) is 27.2 Å². The largest absolute Gasteiger partial charge is 0.530 e. The number of phosphoric acid groups is 1. The minimum absolute atomic E-state index is 0.0929. The summed E-state index contributed by atoms with van der Waals surface area (Å²) < 4.78 is 77.9. The Morgan fingerprint density at radius 1 is 1.45 bits per heavy atom. The Morgan fingerprint density at radius 2 is 2.23 bits per heavy atom. The number of aliphatic hydroxyl groups is 2. The number of aromatic nitrogens is 2. The van der Waals surface area contributed by atoms with E-state index in [-0.39, 0.29) is 16.1 Å². The molecule has 1 saturated heterocycles. The zero-order valence-corrected chi connectivity index (χ0v) is 16.6. The van der Waals surface area contributed by atoms with Crippen molar-refractivity contribution in [2.24, 2.45) is 0 Å². The molecule has 12 nitrogen and oxygen atoms in total. The number of H-pyrrole nitrogens is 1. The fourth-order valence-electron chi connectivity index (χ4n) is 2.86. The lowest BCUT2D eigenvalue weighted by Crippen LogP contribution is -2.43. The van der Waals surface area contributed by atoms with Gasteiger partial charge >= 0.3 is 13.5 Å². The lowest BCUT2D eigenvalue weighted by molar-refractivity contribution is -0.205. The third-order valence-corrected chi connectivity index (χ3v) is 5.57. The first-order chi connectivity index (χ1) is 15.8. The molecule has 1 fully saturated rings. The van der Waals surface area contributed by atoms with Gasteiger partial charge in [-0.2, -0.15) is 0 Å². The van der Waals surface area contributed by atoms with Crippen LogP contribution in [0.15, 0.2) is 40.1 Å². The van der Waals surface area contributed by atoms with Crippen molar-refractivity contribution in [3.8, 4) is 11.5 Å². The van der Waals surface area contributed by atoms with Gasteiger partial charge in [-0.3, -0.25) is 23.4 Å². The molecule has 3 heterocycles. The van der Waals surface area contributed by atoms with Crippen molar-refractivity contribution >= 4 is 7.82 Å². The van der Waals surface area contributed by atoms with Crippen molar-refractivity contribution in [3.63, 3.8) is 0 Å². The number of nitrogens with one attached hydrogen (secondary N) is 1. The van der Waals surface area contributed by atoms with Gasteiger partial charge in [0.15, 0.2) is 17.7 Å². The van der Waals surface area contributed by atoms with E-state index in [1.54, 1.807) is 11.1 Å². The maximum Gasteiger partial charge on any atom is 0.530 e. The van der Waals surface area contributed by atoms with Crippen LogP contribution < -0.4 is 20.5 Å². The van der Waals surface area contributed by atoms with Crippen LogP contribution in [0.5, 0.6) is 11.5 Å². The fourth-order valence-corrected chi connectivity index (χ4v) is 3.97. The molecule has 14 heteroatoms. The summed E-state index contributed by atoms with van der Waals surface area (Å²) in [6.45, 7) is -4.28. The summed E-state index contributed by atoms with van der Waals surface area (Å²) in [6, 6.07) is 5.30. The van der Waals surface area contributed by atoms with Crippen LogP contribution in [0.4, 0.5) is 4.39 Å². The summed E-state index contributed by atoms with van der Waals surface area (Å²) in [6.07, 6.45) is -7.90. The van der Waals surface area contributed by atoms with Gasteiger partial charge in [-0.1, -0.05) is 12.1 Å². The highest BCUT2D eigenvalue weighted by atomic mass is 31.2. The summed E-state index contributed by atoms with van der Waals surface area (Å²) in [7, 11) is -3.64. The lowest BCUT2D eigenvalue weighted by atomic mass is 10.1. The van der Waals surface area contributed by atoms with E-state index >= 15 is 4.39 Å². The number of para-hydroxylation sites is 1. The summed E-state index contributed by atoms with van der Waals surface area (Å²) in [4.78, 5) is 25.1. The molecule has 0 aliphatic carbocycles. The zero-order chi connectivity index (χ0) is 25.1. The molecule has 168 valence electrons. The number of hydrogen-bond acceptors (Lipinski definition) is 10. The van der Waals surface area contributed by atoms with Gasteiger partial charge in [-0.15, -0.1) is 0 Å². The second-order valence-corrected chi connectivity index (χ2v) is 7.93. The van der Waals surface area contributed by atoms with Gasteiger partial charge in [0.1, 0.15) is 18.8 Å².